The first-order chi connectivity index (χ1) is 18.4. The first kappa shape index (κ1) is 27.5. The van der Waals surface area contributed by atoms with Crippen molar-refractivity contribution in [2.24, 2.45) is 5.92 Å². The standard InChI is InChI=1S/C30H38N6OS/c1-4-6-18-35(17-5-2)20-24-9-14-27(15-10-24)36-21-25(19-22(36)3)29(37)32-30-34-33-28(38-30)16-11-23-7-12-26(31)13-8-23/h4,7-10,12-15,25H,1,3,5-6,11,16-21,31H2,2H3,(H,32,34,37). The lowest BCUT2D eigenvalue weighted by Crippen LogP contribution is -2.27. The summed E-state index contributed by atoms with van der Waals surface area (Å²) >= 11 is 1.43. The van der Waals surface area contributed by atoms with Gasteiger partial charge in [-0.15, -0.1) is 16.8 Å². The molecule has 8 heteroatoms. The Labute approximate surface area is 230 Å². The minimum Gasteiger partial charge on any atom is -0.399 e. The molecule has 1 aliphatic rings. The maximum atomic E-state index is 13.0. The fourth-order valence-corrected chi connectivity index (χ4v) is 5.46. The molecule has 7 nitrogen and oxygen atoms in total. The Hall–Kier alpha value is -3.49. The van der Waals surface area contributed by atoms with Gasteiger partial charge < -0.3 is 16.0 Å². The van der Waals surface area contributed by atoms with Gasteiger partial charge in [0.1, 0.15) is 5.01 Å². The highest BCUT2D eigenvalue weighted by Gasteiger charge is 2.32. The number of nitrogens with one attached hydrogen (secondary N) is 1. The van der Waals surface area contributed by atoms with E-state index in [9.17, 15) is 4.79 Å². The zero-order valence-corrected chi connectivity index (χ0v) is 23.1. The van der Waals surface area contributed by atoms with Gasteiger partial charge in [-0.05, 0) is 61.2 Å². The lowest BCUT2D eigenvalue weighted by molar-refractivity contribution is -0.119. The topological polar surface area (TPSA) is 87.4 Å². The summed E-state index contributed by atoms with van der Waals surface area (Å²) in [5.74, 6) is -0.216. The van der Waals surface area contributed by atoms with Crippen molar-refractivity contribution in [1.82, 2.24) is 15.1 Å². The number of carbonyl (C=O) groups is 1. The van der Waals surface area contributed by atoms with Crippen LogP contribution in [0.25, 0.3) is 0 Å². The Morgan fingerprint density at radius 3 is 2.58 bits per heavy atom. The Kier molecular flexibility index (Phi) is 9.67. The van der Waals surface area contributed by atoms with Gasteiger partial charge in [0.25, 0.3) is 0 Å². The predicted octanol–water partition coefficient (Wildman–Crippen LogP) is 5.67. The summed E-state index contributed by atoms with van der Waals surface area (Å²) in [5, 5.41) is 12.9. The zero-order chi connectivity index (χ0) is 26.9. The summed E-state index contributed by atoms with van der Waals surface area (Å²) in [6, 6.07) is 16.5. The monoisotopic (exact) mass is 530 g/mol. The number of hydrogen-bond acceptors (Lipinski definition) is 7. The average Bonchev–Trinajstić information content (AvgIpc) is 3.53. The van der Waals surface area contributed by atoms with Crippen LogP contribution in [0.3, 0.4) is 0 Å². The largest absolute Gasteiger partial charge is 0.399 e. The molecule has 0 aliphatic carbocycles. The van der Waals surface area contributed by atoms with Crippen LogP contribution in [-0.4, -0.2) is 40.6 Å². The maximum absolute atomic E-state index is 13.0. The van der Waals surface area contributed by atoms with Gasteiger partial charge in [0, 0.05) is 49.5 Å². The molecule has 3 N–H and O–H groups in total. The fraction of sp³-hybridized carbons (Fsp3) is 0.367. The Morgan fingerprint density at radius 2 is 1.87 bits per heavy atom. The molecule has 1 fully saturated rings. The van der Waals surface area contributed by atoms with Crippen LogP contribution in [0.4, 0.5) is 16.5 Å². The van der Waals surface area contributed by atoms with Gasteiger partial charge in [-0.2, -0.15) is 0 Å². The SMILES string of the molecule is C=CCCN(CCC)Cc1ccc(N2CC(C(=O)Nc3nnc(CCc4ccc(N)cc4)s3)CC2=C)cc1. The van der Waals surface area contributed by atoms with Gasteiger partial charge in [0.2, 0.25) is 11.0 Å². The molecule has 1 aliphatic heterocycles. The van der Waals surface area contributed by atoms with Crippen molar-refractivity contribution in [3.05, 3.63) is 89.6 Å². The van der Waals surface area contributed by atoms with Crippen molar-refractivity contribution in [3.8, 4) is 0 Å². The molecule has 1 amide bonds. The lowest BCUT2D eigenvalue weighted by atomic mass is 10.1. The van der Waals surface area contributed by atoms with Gasteiger partial charge >= 0.3 is 0 Å². The van der Waals surface area contributed by atoms with Crippen molar-refractivity contribution in [2.75, 3.05) is 35.6 Å². The van der Waals surface area contributed by atoms with Crippen LogP contribution in [0.2, 0.25) is 0 Å². The first-order valence-electron chi connectivity index (χ1n) is 13.3. The number of carbonyl (C=O) groups excluding carboxylic acids is 1. The van der Waals surface area contributed by atoms with E-state index in [0.717, 1.165) is 67.4 Å². The number of hydrogen-bond donors (Lipinski definition) is 2. The second-order valence-electron chi connectivity index (χ2n) is 9.83. The van der Waals surface area contributed by atoms with E-state index >= 15 is 0 Å². The molecule has 0 spiro atoms. The van der Waals surface area contributed by atoms with E-state index < -0.39 is 0 Å². The van der Waals surface area contributed by atoms with Crippen molar-refractivity contribution < 1.29 is 4.79 Å². The summed E-state index contributed by atoms with van der Waals surface area (Å²) in [5.41, 5.74) is 11.0. The van der Waals surface area contributed by atoms with E-state index in [1.165, 1.54) is 22.5 Å². The summed E-state index contributed by atoms with van der Waals surface area (Å²) < 4.78 is 0. The van der Waals surface area contributed by atoms with Gasteiger partial charge in [-0.3, -0.25) is 9.69 Å². The quantitative estimate of drug-likeness (QED) is 0.219. The van der Waals surface area contributed by atoms with Crippen LogP contribution in [0.1, 0.15) is 42.3 Å². The van der Waals surface area contributed by atoms with Gasteiger partial charge in [0.15, 0.2) is 0 Å². The lowest BCUT2D eigenvalue weighted by Gasteiger charge is -2.23. The molecule has 200 valence electrons. The molecule has 38 heavy (non-hydrogen) atoms. The second kappa shape index (κ2) is 13.3. The van der Waals surface area contributed by atoms with E-state index in [0.29, 0.717) is 18.1 Å². The summed E-state index contributed by atoms with van der Waals surface area (Å²) in [7, 11) is 0. The van der Waals surface area contributed by atoms with Crippen LogP contribution < -0.4 is 16.0 Å². The van der Waals surface area contributed by atoms with Crippen LogP contribution >= 0.6 is 11.3 Å². The summed E-state index contributed by atoms with van der Waals surface area (Å²) in [6.45, 7) is 13.9. The van der Waals surface area contributed by atoms with Crippen LogP contribution in [-0.2, 0) is 24.2 Å². The number of benzene rings is 2. The smallest absolute Gasteiger partial charge is 0.231 e. The van der Waals surface area contributed by atoms with E-state index in [-0.39, 0.29) is 11.8 Å². The van der Waals surface area contributed by atoms with Crippen molar-refractivity contribution in [1.29, 1.82) is 0 Å². The zero-order valence-electron chi connectivity index (χ0n) is 22.2. The van der Waals surface area contributed by atoms with E-state index in [1.807, 2.05) is 30.3 Å². The van der Waals surface area contributed by atoms with Crippen LogP contribution in [0.5, 0.6) is 0 Å². The summed E-state index contributed by atoms with van der Waals surface area (Å²) in [4.78, 5) is 17.6. The molecule has 0 radical (unpaired) electrons. The highest BCUT2D eigenvalue weighted by atomic mass is 32.1. The molecule has 1 unspecified atom stereocenters. The third-order valence-electron chi connectivity index (χ3n) is 6.79. The van der Waals surface area contributed by atoms with Crippen molar-refractivity contribution in [2.45, 2.75) is 45.6 Å². The number of nitrogens with two attached hydrogens (primary N) is 1. The van der Waals surface area contributed by atoms with E-state index in [1.54, 1.807) is 0 Å². The highest BCUT2D eigenvalue weighted by Crippen LogP contribution is 2.32. The number of allylic oxidation sites excluding steroid dienone is 1. The van der Waals surface area contributed by atoms with Gasteiger partial charge in [-0.1, -0.05) is 55.2 Å². The van der Waals surface area contributed by atoms with Crippen molar-refractivity contribution >= 4 is 33.8 Å². The van der Waals surface area contributed by atoms with E-state index in [2.05, 4.69) is 69.7 Å². The molecule has 1 atom stereocenters. The fourth-order valence-electron chi connectivity index (χ4n) is 4.72. The molecular weight excluding hydrogens is 492 g/mol. The Bertz CT molecular complexity index is 1220. The molecule has 2 heterocycles. The first-order valence-corrected chi connectivity index (χ1v) is 14.1. The number of rotatable bonds is 13. The number of aryl methyl sites for hydroxylation is 2. The maximum Gasteiger partial charge on any atom is 0.231 e. The normalized spacial score (nSPS) is 15.3. The Balaban J connectivity index is 1.29. The molecule has 0 bridgehead atoms. The highest BCUT2D eigenvalue weighted by molar-refractivity contribution is 7.15. The molecule has 3 aromatic rings. The van der Waals surface area contributed by atoms with Gasteiger partial charge in [0.05, 0.1) is 5.92 Å². The molecular formula is C30H38N6OS. The number of amides is 1. The predicted molar refractivity (Wildman–Crippen MR) is 158 cm³/mol. The minimum absolute atomic E-state index is 0.0380. The third kappa shape index (κ3) is 7.52. The third-order valence-corrected chi connectivity index (χ3v) is 7.68. The number of anilines is 3. The van der Waals surface area contributed by atoms with E-state index in [4.69, 9.17) is 5.73 Å². The summed E-state index contributed by atoms with van der Waals surface area (Å²) in [6.07, 6.45) is 6.36. The molecule has 4 rings (SSSR count). The van der Waals surface area contributed by atoms with Crippen molar-refractivity contribution in [3.63, 3.8) is 0 Å². The average molecular weight is 531 g/mol. The Morgan fingerprint density at radius 1 is 1.13 bits per heavy atom. The minimum atomic E-state index is -0.178. The molecule has 1 aromatic heterocycles. The second-order valence-corrected chi connectivity index (χ2v) is 10.9. The van der Waals surface area contributed by atoms with Crippen LogP contribution in [0.15, 0.2) is 73.5 Å². The number of nitrogens with zero attached hydrogens (tertiary/aromatic N) is 4. The molecule has 2 aromatic carbocycles. The van der Waals surface area contributed by atoms with Crippen LogP contribution in [0, 0.1) is 5.92 Å². The molecule has 1 saturated heterocycles. The molecule has 0 saturated carbocycles. The van der Waals surface area contributed by atoms with Gasteiger partial charge in [-0.25, -0.2) is 0 Å². The number of nitrogen functional groups attached to an aromatic ring is 1. The number of aromatic nitrogens is 2.